The summed E-state index contributed by atoms with van der Waals surface area (Å²) in [5.74, 6) is 0.492. The van der Waals surface area contributed by atoms with E-state index in [9.17, 15) is 9.90 Å². The highest BCUT2D eigenvalue weighted by Crippen LogP contribution is 2.33. The molecule has 1 N–H and O–H groups in total. The Hall–Kier alpha value is -2.05. The number of aliphatic hydroxyl groups is 1. The summed E-state index contributed by atoms with van der Waals surface area (Å²) in [6.07, 6.45) is 10.2. The average Bonchev–Trinajstić information content (AvgIpc) is 2.64. The minimum absolute atomic E-state index is 0.00920. The Morgan fingerprint density at radius 2 is 2.08 bits per heavy atom. The number of β-amino-alcohol motifs (C(OH)–C–C–N with tert-alkyl or cyclic N) is 1. The van der Waals surface area contributed by atoms with Crippen LogP contribution in [0, 0.1) is 5.92 Å². The highest BCUT2D eigenvalue weighted by molar-refractivity contribution is 5.56. The molecule has 6 heteroatoms. The number of aromatic nitrogens is 3. The van der Waals surface area contributed by atoms with Gasteiger partial charge in [-0.2, -0.15) is 0 Å². The molecule has 1 saturated heterocycles. The summed E-state index contributed by atoms with van der Waals surface area (Å²) in [6.45, 7) is 3.53. The van der Waals surface area contributed by atoms with Crippen LogP contribution in [0.3, 0.4) is 0 Å². The lowest BCUT2D eigenvalue weighted by Crippen LogP contribution is -2.50. The average molecular weight is 354 g/mol. The molecule has 0 bridgehead atoms. The first-order chi connectivity index (χ1) is 12.6. The minimum atomic E-state index is -0.435. The third kappa shape index (κ3) is 3.86. The van der Waals surface area contributed by atoms with Crippen molar-refractivity contribution < 1.29 is 5.11 Å². The maximum Gasteiger partial charge on any atom is 0.253 e. The Morgan fingerprint density at radius 3 is 2.69 bits per heavy atom. The van der Waals surface area contributed by atoms with Gasteiger partial charge in [-0.15, -0.1) is 0 Å². The second kappa shape index (κ2) is 7.29. The highest BCUT2D eigenvalue weighted by atomic mass is 16.3. The summed E-state index contributed by atoms with van der Waals surface area (Å²) in [7, 11) is 0. The number of rotatable bonds is 5. The molecule has 4 rings (SSSR count). The van der Waals surface area contributed by atoms with Gasteiger partial charge in [0, 0.05) is 37.1 Å². The van der Waals surface area contributed by atoms with Gasteiger partial charge < -0.3 is 10.0 Å². The van der Waals surface area contributed by atoms with Gasteiger partial charge in [-0.25, -0.2) is 4.98 Å². The molecule has 0 amide bonds. The van der Waals surface area contributed by atoms with Crippen molar-refractivity contribution in [3.8, 4) is 11.3 Å². The molecule has 0 spiro atoms. The summed E-state index contributed by atoms with van der Waals surface area (Å²) in [5.41, 5.74) is 1.09. The smallest absolute Gasteiger partial charge is 0.253 e. The molecule has 1 aliphatic carbocycles. The van der Waals surface area contributed by atoms with E-state index in [1.54, 1.807) is 29.4 Å². The van der Waals surface area contributed by atoms with Crippen molar-refractivity contribution in [1.29, 1.82) is 0 Å². The summed E-state index contributed by atoms with van der Waals surface area (Å²) < 4.78 is 1.72. The molecule has 6 nitrogen and oxygen atoms in total. The molecule has 2 aromatic rings. The first kappa shape index (κ1) is 17.4. The number of nitrogens with zero attached hydrogens (tertiary/aromatic N) is 4. The molecule has 138 valence electrons. The normalized spacial score (nSPS) is 20.7. The fourth-order valence-corrected chi connectivity index (χ4v) is 4.00. The molecule has 1 aliphatic heterocycles. The Labute approximate surface area is 153 Å². The van der Waals surface area contributed by atoms with E-state index in [4.69, 9.17) is 0 Å². The second-order valence-corrected chi connectivity index (χ2v) is 7.80. The molecule has 2 fully saturated rings. The Balaban J connectivity index is 1.34. The van der Waals surface area contributed by atoms with Crippen molar-refractivity contribution in [2.45, 2.75) is 44.2 Å². The van der Waals surface area contributed by atoms with Gasteiger partial charge in [-0.3, -0.25) is 14.3 Å². The highest BCUT2D eigenvalue weighted by Gasteiger charge is 2.36. The number of hydrogen-bond donors (Lipinski definition) is 1. The van der Waals surface area contributed by atoms with Gasteiger partial charge in [-0.1, -0.05) is 0 Å². The molecule has 0 atom stereocenters. The molecule has 2 aliphatic rings. The van der Waals surface area contributed by atoms with E-state index in [0.29, 0.717) is 11.6 Å². The van der Waals surface area contributed by atoms with Crippen molar-refractivity contribution in [3.05, 3.63) is 47.3 Å². The SMILES string of the molecule is O=c1cc(-c2cccnc2)ncn1CC1CCN(CC2(O)CCC2)CC1. The first-order valence-electron chi connectivity index (χ1n) is 9.53. The quantitative estimate of drug-likeness (QED) is 0.888. The van der Waals surface area contributed by atoms with E-state index in [1.807, 2.05) is 12.1 Å². The lowest BCUT2D eigenvalue weighted by Gasteiger charge is -2.42. The zero-order valence-corrected chi connectivity index (χ0v) is 15.0. The first-order valence-corrected chi connectivity index (χ1v) is 9.53. The van der Waals surface area contributed by atoms with Gasteiger partial charge in [0.1, 0.15) is 0 Å². The van der Waals surface area contributed by atoms with Crippen molar-refractivity contribution in [3.63, 3.8) is 0 Å². The van der Waals surface area contributed by atoms with Crippen molar-refractivity contribution >= 4 is 0 Å². The van der Waals surface area contributed by atoms with Crippen LogP contribution in [0.15, 0.2) is 41.7 Å². The molecular formula is C20H26N4O2. The molecule has 0 unspecified atom stereocenters. The van der Waals surface area contributed by atoms with E-state index in [0.717, 1.165) is 63.8 Å². The molecule has 2 aromatic heterocycles. The van der Waals surface area contributed by atoms with E-state index >= 15 is 0 Å². The fraction of sp³-hybridized carbons (Fsp3) is 0.550. The van der Waals surface area contributed by atoms with Crippen LogP contribution in [0.25, 0.3) is 11.3 Å². The topological polar surface area (TPSA) is 71.2 Å². The zero-order chi connectivity index (χ0) is 18.0. The summed E-state index contributed by atoms with van der Waals surface area (Å²) >= 11 is 0. The van der Waals surface area contributed by atoms with Gasteiger partial charge in [0.15, 0.2) is 0 Å². The van der Waals surface area contributed by atoms with Crippen LogP contribution in [-0.4, -0.2) is 49.8 Å². The Kier molecular flexibility index (Phi) is 4.87. The lowest BCUT2D eigenvalue weighted by atomic mass is 9.79. The monoisotopic (exact) mass is 354 g/mol. The Bertz CT molecular complexity index is 793. The van der Waals surface area contributed by atoms with Gasteiger partial charge in [0.2, 0.25) is 0 Å². The summed E-state index contributed by atoms with van der Waals surface area (Å²) in [6, 6.07) is 5.35. The van der Waals surface area contributed by atoms with Crippen molar-refractivity contribution in [1.82, 2.24) is 19.4 Å². The van der Waals surface area contributed by atoms with Gasteiger partial charge in [-0.05, 0) is 63.2 Å². The fourth-order valence-electron chi connectivity index (χ4n) is 4.00. The van der Waals surface area contributed by atoms with Crippen LogP contribution >= 0.6 is 0 Å². The van der Waals surface area contributed by atoms with E-state index in [1.165, 1.54) is 0 Å². The second-order valence-electron chi connectivity index (χ2n) is 7.80. The molecule has 3 heterocycles. The number of piperidine rings is 1. The van der Waals surface area contributed by atoms with Crippen LogP contribution in [-0.2, 0) is 6.54 Å². The van der Waals surface area contributed by atoms with E-state index in [-0.39, 0.29) is 5.56 Å². The molecule has 0 aromatic carbocycles. The van der Waals surface area contributed by atoms with Gasteiger partial charge >= 0.3 is 0 Å². The molecular weight excluding hydrogens is 328 g/mol. The molecule has 1 saturated carbocycles. The predicted octanol–water partition coefficient (Wildman–Crippen LogP) is 1.93. The summed E-state index contributed by atoms with van der Waals surface area (Å²) in [4.78, 5) is 23.3. The zero-order valence-electron chi connectivity index (χ0n) is 15.0. The number of likely N-dealkylation sites (tertiary alicyclic amines) is 1. The van der Waals surface area contributed by atoms with Gasteiger partial charge in [0.25, 0.3) is 5.56 Å². The standard InChI is InChI=1S/C20H26N4O2/c25-19-11-18(17-3-1-8-21-12-17)22-15-24(19)13-16-4-9-23(10-5-16)14-20(26)6-2-7-20/h1,3,8,11-12,15-16,26H,2,4-7,9-10,13-14H2. The number of pyridine rings is 1. The maximum atomic E-state index is 12.4. The van der Waals surface area contributed by atoms with Gasteiger partial charge in [0.05, 0.1) is 17.6 Å². The largest absolute Gasteiger partial charge is 0.389 e. The molecule has 26 heavy (non-hydrogen) atoms. The predicted molar refractivity (Wildman–Crippen MR) is 99.7 cm³/mol. The van der Waals surface area contributed by atoms with Crippen LogP contribution < -0.4 is 5.56 Å². The van der Waals surface area contributed by atoms with Crippen LogP contribution in [0.5, 0.6) is 0 Å². The third-order valence-electron chi connectivity index (χ3n) is 5.80. The third-order valence-corrected chi connectivity index (χ3v) is 5.80. The minimum Gasteiger partial charge on any atom is -0.389 e. The van der Waals surface area contributed by atoms with Crippen LogP contribution in [0.2, 0.25) is 0 Å². The van der Waals surface area contributed by atoms with E-state index in [2.05, 4.69) is 14.9 Å². The van der Waals surface area contributed by atoms with Crippen molar-refractivity contribution in [2.75, 3.05) is 19.6 Å². The maximum absolute atomic E-state index is 12.4. The summed E-state index contributed by atoms with van der Waals surface area (Å²) in [5, 5.41) is 10.3. The van der Waals surface area contributed by atoms with Crippen LogP contribution in [0.4, 0.5) is 0 Å². The number of hydrogen-bond acceptors (Lipinski definition) is 5. The lowest BCUT2D eigenvalue weighted by molar-refractivity contribution is -0.0639. The Morgan fingerprint density at radius 1 is 1.27 bits per heavy atom. The van der Waals surface area contributed by atoms with Crippen LogP contribution in [0.1, 0.15) is 32.1 Å². The van der Waals surface area contributed by atoms with Crippen molar-refractivity contribution in [2.24, 2.45) is 5.92 Å². The van der Waals surface area contributed by atoms with E-state index < -0.39 is 5.60 Å². The molecule has 0 radical (unpaired) electrons.